The number of halogens is 5. The lowest BCUT2D eigenvalue weighted by Crippen LogP contribution is -2.35. The first kappa shape index (κ1) is 21.2. The maximum Gasteiger partial charge on any atom is 0.416 e. The number of benzene rings is 2. The van der Waals surface area contributed by atoms with Crippen LogP contribution in [-0.4, -0.2) is 25.3 Å². The molecule has 0 heterocycles. The molecule has 0 fully saturated rings. The summed E-state index contributed by atoms with van der Waals surface area (Å²) in [6, 6.07) is 9.84. The molecule has 1 atom stereocenters. The van der Waals surface area contributed by atoms with E-state index in [9.17, 15) is 18.0 Å². The molecule has 0 bridgehead atoms. The van der Waals surface area contributed by atoms with Crippen molar-refractivity contribution >= 4 is 29.2 Å². The van der Waals surface area contributed by atoms with Gasteiger partial charge in [0.1, 0.15) is 12.4 Å². The Labute approximate surface area is 163 Å². The Morgan fingerprint density at radius 1 is 1.11 bits per heavy atom. The zero-order valence-electron chi connectivity index (χ0n) is 14.1. The summed E-state index contributed by atoms with van der Waals surface area (Å²) in [5.41, 5.74) is -1.01. The van der Waals surface area contributed by atoms with E-state index in [1.165, 1.54) is 0 Å². The molecule has 4 nitrogen and oxygen atoms in total. The van der Waals surface area contributed by atoms with Crippen LogP contribution in [0.4, 0.5) is 13.2 Å². The summed E-state index contributed by atoms with van der Waals surface area (Å²) in [5.74, 6) is -0.485. The molecule has 0 aromatic heterocycles. The van der Waals surface area contributed by atoms with Crippen LogP contribution in [0.15, 0.2) is 42.5 Å². The van der Waals surface area contributed by atoms with E-state index in [-0.39, 0.29) is 29.0 Å². The van der Waals surface area contributed by atoms with Gasteiger partial charge >= 0.3 is 12.1 Å². The molecule has 9 heteroatoms. The molecule has 0 radical (unpaired) electrons. The van der Waals surface area contributed by atoms with Crippen molar-refractivity contribution in [3.05, 3.63) is 58.1 Å². The number of rotatable bonds is 7. The third-order valence-electron chi connectivity index (χ3n) is 3.28. The number of hydrogen-bond donors (Lipinski definition) is 0. The van der Waals surface area contributed by atoms with Crippen molar-refractivity contribution in [3.63, 3.8) is 0 Å². The molecule has 0 aliphatic rings. The van der Waals surface area contributed by atoms with Gasteiger partial charge in [-0.1, -0.05) is 41.4 Å². The molecule has 0 N–H and O–H groups in total. The van der Waals surface area contributed by atoms with Gasteiger partial charge in [0.25, 0.3) is 0 Å². The van der Waals surface area contributed by atoms with Gasteiger partial charge in [0.2, 0.25) is 6.10 Å². The Hall–Kier alpha value is -2.12. The van der Waals surface area contributed by atoms with Crippen molar-refractivity contribution in [1.82, 2.24) is 0 Å². The lowest BCUT2D eigenvalue weighted by Gasteiger charge is -2.19. The molecule has 27 heavy (non-hydrogen) atoms. The van der Waals surface area contributed by atoms with Gasteiger partial charge in [0.05, 0.1) is 22.2 Å². The highest BCUT2D eigenvalue weighted by Crippen LogP contribution is 2.40. The van der Waals surface area contributed by atoms with Gasteiger partial charge < -0.3 is 14.2 Å². The van der Waals surface area contributed by atoms with Gasteiger partial charge in [0, 0.05) is 0 Å². The molecule has 2 aromatic rings. The Morgan fingerprint density at radius 3 is 2.22 bits per heavy atom. The third kappa shape index (κ3) is 5.94. The van der Waals surface area contributed by atoms with Crippen molar-refractivity contribution < 1.29 is 32.2 Å². The van der Waals surface area contributed by atoms with Crippen LogP contribution in [0.1, 0.15) is 12.5 Å². The van der Waals surface area contributed by atoms with Crippen molar-refractivity contribution in [2.75, 3.05) is 13.2 Å². The molecule has 2 aromatic carbocycles. The summed E-state index contributed by atoms with van der Waals surface area (Å²) in [4.78, 5) is 12.1. The summed E-state index contributed by atoms with van der Waals surface area (Å²) in [6.45, 7) is 1.38. The van der Waals surface area contributed by atoms with Gasteiger partial charge in [-0.15, -0.1) is 0 Å². The van der Waals surface area contributed by atoms with E-state index in [1.54, 1.807) is 37.3 Å². The quantitative estimate of drug-likeness (QED) is 0.560. The molecule has 0 aliphatic carbocycles. The minimum Gasteiger partial charge on any atom is -0.486 e. The number of esters is 1. The first-order valence-electron chi connectivity index (χ1n) is 7.79. The highest BCUT2D eigenvalue weighted by atomic mass is 35.5. The van der Waals surface area contributed by atoms with Crippen molar-refractivity contribution in [3.8, 4) is 11.5 Å². The normalized spacial score (nSPS) is 12.4. The smallest absolute Gasteiger partial charge is 0.416 e. The average molecular weight is 423 g/mol. The van der Waals surface area contributed by atoms with Crippen LogP contribution >= 0.6 is 23.2 Å². The topological polar surface area (TPSA) is 44.8 Å². The fourth-order valence-electron chi connectivity index (χ4n) is 2.07. The Balaban J connectivity index is 2.17. The van der Waals surface area contributed by atoms with E-state index in [0.29, 0.717) is 17.9 Å². The minimum absolute atomic E-state index is 0.120. The van der Waals surface area contributed by atoms with Gasteiger partial charge in [-0.2, -0.15) is 13.2 Å². The second-order valence-corrected chi connectivity index (χ2v) is 6.06. The lowest BCUT2D eigenvalue weighted by atomic mass is 10.2. The molecule has 1 unspecified atom stereocenters. The predicted octanol–water partition coefficient (Wildman–Crippen LogP) is 5.40. The van der Waals surface area contributed by atoms with E-state index >= 15 is 0 Å². The van der Waals surface area contributed by atoms with E-state index in [4.69, 9.17) is 37.4 Å². The lowest BCUT2D eigenvalue weighted by molar-refractivity contribution is -0.152. The second kappa shape index (κ2) is 9.19. The van der Waals surface area contributed by atoms with Crippen LogP contribution in [0, 0.1) is 0 Å². The van der Waals surface area contributed by atoms with E-state index in [2.05, 4.69) is 0 Å². The van der Waals surface area contributed by atoms with Crippen LogP contribution in [0.5, 0.6) is 11.5 Å². The highest BCUT2D eigenvalue weighted by molar-refractivity contribution is 6.37. The van der Waals surface area contributed by atoms with Crippen LogP contribution in [0.3, 0.4) is 0 Å². The number of ether oxygens (including phenoxy) is 3. The van der Waals surface area contributed by atoms with E-state index < -0.39 is 23.8 Å². The molecular weight excluding hydrogens is 408 g/mol. The molecular formula is C18H15Cl2F3O4. The van der Waals surface area contributed by atoms with Crippen molar-refractivity contribution in [2.24, 2.45) is 0 Å². The molecule has 0 aliphatic heterocycles. The standard InChI is InChI=1S/C18H15Cl2F3O4/c1-2-25-17(24)15(27-12-6-4-3-5-7-12)10-26-16-13(19)8-11(9-14(16)20)18(21,22)23/h3-9,15H,2,10H2,1H3. The fourth-order valence-corrected chi connectivity index (χ4v) is 2.67. The Kier molecular flexibility index (Phi) is 7.21. The summed E-state index contributed by atoms with van der Waals surface area (Å²) in [5, 5.41) is -0.672. The highest BCUT2D eigenvalue weighted by Gasteiger charge is 2.32. The molecule has 0 amide bonds. The summed E-state index contributed by atoms with van der Waals surface area (Å²) in [7, 11) is 0. The number of carbonyl (C=O) groups is 1. The van der Waals surface area contributed by atoms with Crippen molar-refractivity contribution in [1.29, 1.82) is 0 Å². The first-order valence-corrected chi connectivity index (χ1v) is 8.55. The van der Waals surface area contributed by atoms with Crippen LogP contribution in [0.2, 0.25) is 10.0 Å². The predicted molar refractivity (Wildman–Crippen MR) is 94.5 cm³/mol. The Bertz CT molecular complexity index is 759. The minimum atomic E-state index is -4.60. The largest absolute Gasteiger partial charge is 0.486 e. The maximum atomic E-state index is 12.8. The van der Waals surface area contributed by atoms with Gasteiger partial charge in [-0.3, -0.25) is 0 Å². The van der Waals surface area contributed by atoms with Crippen LogP contribution in [0.25, 0.3) is 0 Å². The average Bonchev–Trinajstić information content (AvgIpc) is 2.60. The Morgan fingerprint density at radius 2 is 1.70 bits per heavy atom. The number of alkyl halides is 3. The number of carbonyl (C=O) groups excluding carboxylic acids is 1. The third-order valence-corrected chi connectivity index (χ3v) is 3.84. The maximum absolute atomic E-state index is 12.8. The molecule has 2 rings (SSSR count). The van der Waals surface area contributed by atoms with Gasteiger partial charge in [0.15, 0.2) is 5.75 Å². The van der Waals surface area contributed by atoms with Crippen LogP contribution in [-0.2, 0) is 15.7 Å². The number of para-hydroxylation sites is 1. The monoisotopic (exact) mass is 422 g/mol. The zero-order valence-corrected chi connectivity index (χ0v) is 15.6. The molecule has 146 valence electrons. The summed E-state index contributed by atoms with van der Waals surface area (Å²) in [6.07, 6.45) is -5.77. The second-order valence-electron chi connectivity index (χ2n) is 5.25. The first-order chi connectivity index (χ1) is 12.7. The van der Waals surface area contributed by atoms with E-state index in [1.807, 2.05) is 0 Å². The SMILES string of the molecule is CCOC(=O)C(COc1c(Cl)cc(C(F)(F)F)cc1Cl)Oc1ccccc1. The zero-order chi connectivity index (χ0) is 20.0. The van der Waals surface area contributed by atoms with Gasteiger partial charge in [-0.25, -0.2) is 4.79 Å². The summed E-state index contributed by atoms with van der Waals surface area (Å²) < 4.78 is 54.2. The molecule has 0 saturated carbocycles. The fraction of sp³-hybridized carbons (Fsp3) is 0.278. The molecule has 0 saturated heterocycles. The summed E-state index contributed by atoms with van der Waals surface area (Å²) >= 11 is 11.7. The van der Waals surface area contributed by atoms with Crippen molar-refractivity contribution in [2.45, 2.75) is 19.2 Å². The number of hydrogen-bond acceptors (Lipinski definition) is 4. The van der Waals surface area contributed by atoms with Crippen LogP contribution < -0.4 is 9.47 Å². The van der Waals surface area contributed by atoms with Gasteiger partial charge in [-0.05, 0) is 31.2 Å². The molecule has 0 spiro atoms. The van der Waals surface area contributed by atoms with E-state index in [0.717, 1.165) is 0 Å².